The van der Waals surface area contributed by atoms with Crippen molar-refractivity contribution in [3.63, 3.8) is 0 Å². The predicted octanol–water partition coefficient (Wildman–Crippen LogP) is 3.57. The van der Waals surface area contributed by atoms with Crippen molar-refractivity contribution in [1.82, 2.24) is 14.9 Å². The van der Waals surface area contributed by atoms with Crippen molar-refractivity contribution in [3.8, 4) is 0 Å². The van der Waals surface area contributed by atoms with Crippen molar-refractivity contribution in [2.24, 2.45) is 0 Å². The van der Waals surface area contributed by atoms with Crippen LogP contribution in [0.4, 0.5) is 16.3 Å². The van der Waals surface area contributed by atoms with E-state index >= 15 is 0 Å². The number of amides is 2. The number of aromatic nitrogens is 2. The van der Waals surface area contributed by atoms with Crippen molar-refractivity contribution in [1.29, 1.82) is 0 Å². The van der Waals surface area contributed by atoms with E-state index in [9.17, 15) is 4.79 Å². The summed E-state index contributed by atoms with van der Waals surface area (Å²) in [5.74, 6) is 0.923. The van der Waals surface area contributed by atoms with Gasteiger partial charge in [-0.3, -0.25) is 0 Å². The minimum Gasteiger partial charge on any atom is -0.356 e. The Hall–Kier alpha value is -2.34. The van der Waals surface area contributed by atoms with Crippen LogP contribution in [0.25, 0.3) is 0 Å². The zero-order valence-electron chi connectivity index (χ0n) is 14.4. The molecule has 0 saturated carbocycles. The van der Waals surface area contributed by atoms with E-state index in [1.54, 1.807) is 18.5 Å². The van der Waals surface area contributed by atoms with Gasteiger partial charge in [0.2, 0.25) is 0 Å². The second-order valence-corrected chi connectivity index (χ2v) is 6.66. The van der Waals surface area contributed by atoms with E-state index in [1.165, 1.54) is 0 Å². The van der Waals surface area contributed by atoms with Crippen LogP contribution in [0.5, 0.6) is 0 Å². The Kier molecular flexibility index (Phi) is 5.38. The Morgan fingerprint density at radius 1 is 1.28 bits per heavy atom. The van der Waals surface area contributed by atoms with E-state index < -0.39 is 0 Å². The molecule has 1 N–H and O–H groups in total. The molecule has 2 aromatic rings. The van der Waals surface area contributed by atoms with E-state index in [0.717, 1.165) is 24.4 Å². The molecule has 0 bridgehead atoms. The topological polar surface area (TPSA) is 61.4 Å². The van der Waals surface area contributed by atoms with Gasteiger partial charge in [0, 0.05) is 37.9 Å². The number of nitrogens with one attached hydrogen (secondary N) is 1. The lowest BCUT2D eigenvalue weighted by Crippen LogP contribution is -2.47. The van der Waals surface area contributed by atoms with Gasteiger partial charge in [-0.25, -0.2) is 14.8 Å². The third-order valence-electron chi connectivity index (χ3n) is 4.57. The number of para-hydroxylation sites is 1. The van der Waals surface area contributed by atoms with Gasteiger partial charge in [-0.2, -0.15) is 0 Å². The van der Waals surface area contributed by atoms with Crippen LogP contribution in [-0.2, 0) is 0 Å². The van der Waals surface area contributed by atoms with Crippen molar-refractivity contribution >= 4 is 29.1 Å². The van der Waals surface area contributed by atoms with Crippen LogP contribution in [0.3, 0.4) is 0 Å². The van der Waals surface area contributed by atoms with Gasteiger partial charge in [0.1, 0.15) is 12.1 Å². The maximum absolute atomic E-state index is 12.4. The molecular weight excluding hydrogens is 338 g/mol. The molecule has 1 saturated heterocycles. The number of nitrogens with zero attached hydrogens (tertiary/aromatic N) is 4. The highest BCUT2D eigenvalue weighted by Crippen LogP contribution is 2.23. The first-order valence-corrected chi connectivity index (χ1v) is 8.74. The van der Waals surface area contributed by atoms with Gasteiger partial charge in [-0.05, 0) is 31.9 Å². The molecule has 1 aromatic carbocycles. The third kappa shape index (κ3) is 4.20. The quantitative estimate of drug-likeness (QED) is 0.910. The average Bonchev–Trinajstić information content (AvgIpc) is 2.63. The van der Waals surface area contributed by atoms with Crippen LogP contribution >= 0.6 is 11.6 Å². The van der Waals surface area contributed by atoms with Gasteiger partial charge in [0.05, 0.1) is 10.7 Å². The van der Waals surface area contributed by atoms with Crippen LogP contribution in [-0.4, -0.2) is 47.1 Å². The van der Waals surface area contributed by atoms with E-state index in [1.807, 2.05) is 37.1 Å². The number of benzene rings is 1. The number of halogens is 1. The number of likely N-dealkylation sites (tertiary alicyclic amines) is 1. The first-order valence-electron chi connectivity index (χ1n) is 8.36. The monoisotopic (exact) mass is 359 g/mol. The van der Waals surface area contributed by atoms with Gasteiger partial charge in [-0.15, -0.1) is 0 Å². The Morgan fingerprint density at radius 3 is 2.68 bits per heavy atom. The van der Waals surface area contributed by atoms with E-state index in [4.69, 9.17) is 11.6 Å². The van der Waals surface area contributed by atoms with E-state index in [0.29, 0.717) is 29.8 Å². The minimum atomic E-state index is -0.105. The Labute approximate surface area is 152 Å². The minimum absolute atomic E-state index is 0.105. The largest absolute Gasteiger partial charge is 0.356 e. The highest BCUT2D eigenvalue weighted by molar-refractivity contribution is 6.33. The summed E-state index contributed by atoms with van der Waals surface area (Å²) >= 11 is 6.10. The summed E-state index contributed by atoms with van der Waals surface area (Å²) in [4.78, 5) is 24.9. The van der Waals surface area contributed by atoms with Crippen LogP contribution in [0.1, 0.15) is 18.5 Å². The molecule has 3 rings (SSSR count). The van der Waals surface area contributed by atoms with Gasteiger partial charge in [0.25, 0.3) is 0 Å². The van der Waals surface area contributed by atoms with Gasteiger partial charge in [-0.1, -0.05) is 23.7 Å². The molecule has 0 atom stereocenters. The van der Waals surface area contributed by atoms with Crippen molar-refractivity contribution in [2.75, 3.05) is 30.4 Å². The number of hydrogen-bond acceptors (Lipinski definition) is 4. The molecule has 7 heteroatoms. The predicted molar refractivity (Wildman–Crippen MR) is 100 cm³/mol. The molecule has 0 radical (unpaired) electrons. The normalized spacial score (nSPS) is 15.1. The first-order chi connectivity index (χ1) is 12.0. The summed E-state index contributed by atoms with van der Waals surface area (Å²) in [5.41, 5.74) is 1.60. The molecule has 0 unspecified atom stereocenters. The molecule has 0 spiro atoms. The van der Waals surface area contributed by atoms with Gasteiger partial charge in [0.15, 0.2) is 0 Å². The highest BCUT2D eigenvalue weighted by atomic mass is 35.5. The number of carbonyl (C=O) groups is 1. The maximum atomic E-state index is 12.4. The van der Waals surface area contributed by atoms with Gasteiger partial charge < -0.3 is 15.1 Å². The summed E-state index contributed by atoms with van der Waals surface area (Å²) in [6, 6.07) is 9.50. The summed E-state index contributed by atoms with van der Waals surface area (Å²) in [6.45, 7) is 3.37. The lowest BCUT2D eigenvalue weighted by atomic mass is 10.0. The van der Waals surface area contributed by atoms with Crippen molar-refractivity contribution < 1.29 is 4.79 Å². The van der Waals surface area contributed by atoms with E-state index in [2.05, 4.69) is 20.2 Å². The molecule has 2 heterocycles. The second-order valence-electron chi connectivity index (χ2n) is 6.26. The second kappa shape index (κ2) is 7.70. The SMILES string of the molecule is Cc1cc(N(C)C2CCN(C(=O)Nc3ccccc3Cl)CC2)ncn1. The third-order valence-corrected chi connectivity index (χ3v) is 4.90. The zero-order valence-corrected chi connectivity index (χ0v) is 15.2. The molecule has 1 aliphatic rings. The molecule has 25 heavy (non-hydrogen) atoms. The lowest BCUT2D eigenvalue weighted by molar-refractivity contribution is 0.194. The number of urea groups is 1. The van der Waals surface area contributed by atoms with Crippen molar-refractivity contribution in [2.45, 2.75) is 25.8 Å². The highest BCUT2D eigenvalue weighted by Gasteiger charge is 2.26. The fourth-order valence-electron chi connectivity index (χ4n) is 3.03. The number of rotatable bonds is 3. The standard InChI is InChI=1S/C18H22ClN5O/c1-13-11-17(21-12-20-13)23(2)14-7-9-24(10-8-14)18(25)22-16-6-4-3-5-15(16)19/h3-6,11-12,14H,7-10H2,1-2H3,(H,22,25). The lowest BCUT2D eigenvalue weighted by Gasteiger charge is -2.37. The Morgan fingerprint density at radius 2 is 2.00 bits per heavy atom. The molecule has 1 aliphatic heterocycles. The molecule has 2 amide bonds. The fraction of sp³-hybridized carbons (Fsp3) is 0.389. The molecule has 1 fully saturated rings. The van der Waals surface area contributed by atoms with Crippen LogP contribution in [0.15, 0.2) is 36.7 Å². The first kappa shape index (κ1) is 17.5. The number of hydrogen-bond donors (Lipinski definition) is 1. The number of piperidine rings is 1. The number of carbonyl (C=O) groups excluding carboxylic acids is 1. The van der Waals surface area contributed by atoms with Crippen LogP contribution in [0, 0.1) is 6.92 Å². The Balaban J connectivity index is 1.56. The number of aryl methyl sites for hydroxylation is 1. The number of anilines is 2. The summed E-state index contributed by atoms with van der Waals surface area (Å²) < 4.78 is 0. The van der Waals surface area contributed by atoms with Crippen molar-refractivity contribution in [3.05, 3.63) is 47.4 Å². The molecular formula is C18H22ClN5O. The molecule has 6 nitrogen and oxygen atoms in total. The van der Waals surface area contributed by atoms with Gasteiger partial charge >= 0.3 is 6.03 Å². The summed E-state index contributed by atoms with van der Waals surface area (Å²) in [5, 5.41) is 3.43. The Bertz CT molecular complexity index is 746. The fourth-order valence-corrected chi connectivity index (χ4v) is 3.22. The summed E-state index contributed by atoms with van der Waals surface area (Å²) in [6.07, 6.45) is 3.39. The van der Waals surface area contributed by atoms with Crippen LogP contribution < -0.4 is 10.2 Å². The smallest absolute Gasteiger partial charge is 0.321 e. The van der Waals surface area contributed by atoms with E-state index in [-0.39, 0.29) is 6.03 Å². The molecule has 0 aliphatic carbocycles. The zero-order chi connectivity index (χ0) is 17.8. The van der Waals surface area contributed by atoms with Crippen LogP contribution in [0.2, 0.25) is 5.02 Å². The maximum Gasteiger partial charge on any atom is 0.321 e. The summed E-state index contributed by atoms with van der Waals surface area (Å²) in [7, 11) is 2.05. The average molecular weight is 360 g/mol. The molecule has 132 valence electrons. The molecule has 1 aromatic heterocycles.